The van der Waals surface area contributed by atoms with Gasteiger partial charge in [0.2, 0.25) is 11.8 Å². The second kappa shape index (κ2) is 4.92. The van der Waals surface area contributed by atoms with Crippen LogP contribution in [0.5, 0.6) is 0 Å². The molecule has 0 aromatic heterocycles. The Bertz CT molecular complexity index is 484. The van der Waals surface area contributed by atoms with E-state index in [1.165, 1.54) is 0 Å². The van der Waals surface area contributed by atoms with E-state index in [1.807, 2.05) is 4.90 Å². The molecular formula is C14H18N2O4. The first-order valence-electron chi connectivity index (χ1n) is 7.05. The molecule has 108 valence electrons. The normalized spacial score (nSPS) is 32.7. The Labute approximate surface area is 116 Å². The van der Waals surface area contributed by atoms with Crippen LogP contribution in [0, 0.1) is 11.8 Å². The van der Waals surface area contributed by atoms with Gasteiger partial charge in [0.25, 0.3) is 0 Å². The maximum Gasteiger partial charge on any atom is 0.310 e. The number of hydrogen-bond acceptors (Lipinski definition) is 3. The van der Waals surface area contributed by atoms with E-state index in [4.69, 9.17) is 5.11 Å². The first-order valence-corrected chi connectivity index (χ1v) is 7.05. The fourth-order valence-electron chi connectivity index (χ4n) is 2.94. The first-order chi connectivity index (χ1) is 9.54. The Morgan fingerprint density at radius 3 is 2.65 bits per heavy atom. The number of rotatable bonds is 4. The third kappa shape index (κ3) is 2.55. The molecule has 1 aliphatic heterocycles. The molecule has 1 saturated carbocycles. The van der Waals surface area contributed by atoms with E-state index in [1.54, 1.807) is 12.2 Å². The Morgan fingerprint density at radius 2 is 2.05 bits per heavy atom. The van der Waals surface area contributed by atoms with Crippen molar-refractivity contribution in [3.63, 3.8) is 0 Å². The summed E-state index contributed by atoms with van der Waals surface area (Å²) < 4.78 is 0. The van der Waals surface area contributed by atoms with Crippen LogP contribution >= 0.6 is 0 Å². The van der Waals surface area contributed by atoms with Crippen LogP contribution in [0.25, 0.3) is 0 Å². The molecule has 0 spiro atoms. The van der Waals surface area contributed by atoms with E-state index in [-0.39, 0.29) is 30.2 Å². The van der Waals surface area contributed by atoms with Gasteiger partial charge in [-0.2, -0.15) is 0 Å². The number of nitrogens with one attached hydrogen (secondary N) is 1. The molecule has 0 radical (unpaired) electrons. The standard InChI is InChI=1S/C14H18N2O4/c17-12-6-9(7-16(12)11-3-4-11)13(18)15-10-2-1-8(5-10)14(19)20/h1-2,8-11H,3-7H2,(H,15,18)(H,19,20). The summed E-state index contributed by atoms with van der Waals surface area (Å²) in [6.45, 7) is 0.508. The molecule has 0 aromatic rings. The van der Waals surface area contributed by atoms with Gasteiger partial charge in [-0.1, -0.05) is 12.2 Å². The molecule has 0 aromatic carbocycles. The van der Waals surface area contributed by atoms with Crippen molar-refractivity contribution in [3.05, 3.63) is 12.2 Å². The molecule has 2 amide bonds. The van der Waals surface area contributed by atoms with Gasteiger partial charge in [0, 0.05) is 25.0 Å². The van der Waals surface area contributed by atoms with Crippen molar-refractivity contribution in [1.82, 2.24) is 10.2 Å². The number of likely N-dealkylation sites (tertiary alicyclic amines) is 1. The van der Waals surface area contributed by atoms with Gasteiger partial charge in [-0.15, -0.1) is 0 Å². The summed E-state index contributed by atoms with van der Waals surface area (Å²) in [5, 5.41) is 11.7. The predicted molar refractivity (Wildman–Crippen MR) is 69.7 cm³/mol. The predicted octanol–water partition coefficient (Wildman–Crippen LogP) is 0.143. The number of carboxylic acids is 1. The lowest BCUT2D eigenvalue weighted by molar-refractivity contribution is -0.140. The summed E-state index contributed by atoms with van der Waals surface area (Å²) in [5.41, 5.74) is 0. The summed E-state index contributed by atoms with van der Waals surface area (Å²) >= 11 is 0. The Morgan fingerprint density at radius 1 is 1.30 bits per heavy atom. The van der Waals surface area contributed by atoms with E-state index < -0.39 is 11.9 Å². The molecular weight excluding hydrogens is 260 g/mol. The van der Waals surface area contributed by atoms with E-state index in [2.05, 4.69) is 5.32 Å². The summed E-state index contributed by atoms with van der Waals surface area (Å²) in [6, 6.07) is 0.122. The van der Waals surface area contributed by atoms with E-state index in [0.717, 1.165) is 12.8 Å². The van der Waals surface area contributed by atoms with Crippen LogP contribution in [0.15, 0.2) is 12.2 Å². The van der Waals surface area contributed by atoms with Crippen LogP contribution in [-0.4, -0.2) is 46.4 Å². The Kier molecular flexibility index (Phi) is 3.23. The maximum absolute atomic E-state index is 12.1. The second-order valence-corrected chi connectivity index (χ2v) is 5.86. The van der Waals surface area contributed by atoms with Gasteiger partial charge in [-0.25, -0.2) is 0 Å². The van der Waals surface area contributed by atoms with Gasteiger partial charge in [-0.3, -0.25) is 14.4 Å². The first kappa shape index (κ1) is 13.1. The smallest absolute Gasteiger partial charge is 0.310 e. The number of nitrogens with zero attached hydrogens (tertiary/aromatic N) is 1. The Hall–Kier alpha value is -1.85. The van der Waals surface area contributed by atoms with Gasteiger partial charge in [0.1, 0.15) is 0 Å². The fourth-order valence-corrected chi connectivity index (χ4v) is 2.94. The van der Waals surface area contributed by atoms with Crippen LogP contribution in [0.3, 0.4) is 0 Å². The molecule has 3 aliphatic rings. The molecule has 2 N–H and O–H groups in total. The van der Waals surface area contributed by atoms with Crippen molar-refractivity contribution < 1.29 is 19.5 Å². The summed E-state index contributed by atoms with van der Waals surface area (Å²) in [6.07, 6.45) is 6.11. The molecule has 2 fully saturated rings. The van der Waals surface area contributed by atoms with Crippen molar-refractivity contribution in [2.24, 2.45) is 11.8 Å². The minimum Gasteiger partial charge on any atom is -0.481 e. The van der Waals surface area contributed by atoms with Gasteiger partial charge in [0.15, 0.2) is 0 Å². The topological polar surface area (TPSA) is 86.7 Å². The third-order valence-electron chi connectivity index (χ3n) is 4.25. The van der Waals surface area contributed by atoms with Crippen molar-refractivity contribution in [2.75, 3.05) is 6.54 Å². The monoisotopic (exact) mass is 278 g/mol. The number of carbonyl (C=O) groups is 3. The average Bonchev–Trinajstić information content (AvgIpc) is 2.99. The minimum absolute atomic E-state index is 0.0676. The molecule has 1 heterocycles. The Balaban J connectivity index is 1.52. The number of carboxylic acid groups (broad SMARTS) is 1. The highest BCUT2D eigenvalue weighted by molar-refractivity contribution is 5.89. The summed E-state index contributed by atoms with van der Waals surface area (Å²) in [5.74, 6) is -1.75. The summed E-state index contributed by atoms with van der Waals surface area (Å²) in [4.78, 5) is 36.6. The minimum atomic E-state index is -0.867. The van der Waals surface area contributed by atoms with E-state index in [9.17, 15) is 14.4 Å². The largest absolute Gasteiger partial charge is 0.481 e. The van der Waals surface area contributed by atoms with Crippen LogP contribution in [0.2, 0.25) is 0 Å². The highest BCUT2D eigenvalue weighted by Gasteiger charge is 2.42. The lowest BCUT2D eigenvalue weighted by atomic mass is 10.1. The number of aliphatic carboxylic acids is 1. The SMILES string of the molecule is O=C(O)C1C=CC(NC(=O)C2CC(=O)N(C3CC3)C2)C1. The van der Waals surface area contributed by atoms with E-state index in [0.29, 0.717) is 19.0 Å². The average molecular weight is 278 g/mol. The maximum atomic E-state index is 12.1. The molecule has 6 heteroatoms. The zero-order valence-corrected chi connectivity index (χ0v) is 11.1. The second-order valence-electron chi connectivity index (χ2n) is 5.86. The zero-order valence-electron chi connectivity index (χ0n) is 11.1. The molecule has 0 bridgehead atoms. The quantitative estimate of drug-likeness (QED) is 0.716. The molecule has 3 unspecified atom stereocenters. The van der Waals surface area contributed by atoms with Gasteiger partial charge in [-0.05, 0) is 19.3 Å². The van der Waals surface area contributed by atoms with Crippen LogP contribution < -0.4 is 5.32 Å². The molecule has 1 saturated heterocycles. The lowest BCUT2D eigenvalue weighted by Crippen LogP contribution is -2.39. The molecule has 6 nitrogen and oxygen atoms in total. The third-order valence-corrected chi connectivity index (χ3v) is 4.25. The van der Waals surface area contributed by atoms with Gasteiger partial charge < -0.3 is 15.3 Å². The highest BCUT2D eigenvalue weighted by Crippen LogP contribution is 2.32. The molecule has 2 aliphatic carbocycles. The van der Waals surface area contributed by atoms with Crippen molar-refractivity contribution in [3.8, 4) is 0 Å². The van der Waals surface area contributed by atoms with Crippen LogP contribution in [-0.2, 0) is 14.4 Å². The van der Waals surface area contributed by atoms with E-state index >= 15 is 0 Å². The molecule has 3 atom stereocenters. The van der Waals surface area contributed by atoms with Crippen LogP contribution in [0.1, 0.15) is 25.7 Å². The van der Waals surface area contributed by atoms with Crippen molar-refractivity contribution in [1.29, 1.82) is 0 Å². The van der Waals surface area contributed by atoms with Crippen molar-refractivity contribution >= 4 is 17.8 Å². The lowest BCUT2D eigenvalue weighted by Gasteiger charge is -2.17. The fraction of sp³-hybridized carbons (Fsp3) is 0.643. The molecule has 3 rings (SSSR count). The van der Waals surface area contributed by atoms with Gasteiger partial charge >= 0.3 is 5.97 Å². The van der Waals surface area contributed by atoms with Crippen LogP contribution in [0.4, 0.5) is 0 Å². The highest BCUT2D eigenvalue weighted by atomic mass is 16.4. The van der Waals surface area contributed by atoms with Gasteiger partial charge in [0.05, 0.1) is 11.8 Å². The zero-order chi connectivity index (χ0) is 14.3. The van der Waals surface area contributed by atoms with Crippen molar-refractivity contribution in [2.45, 2.75) is 37.8 Å². The number of amides is 2. The number of carbonyl (C=O) groups excluding carboxylic acids is 2. The summed E-state index contributed by atoms with van der Waals surface area (Å²) in [7, 11) is 0. The molecule has 20 heavy (non-hydrogen) atoms. The number of hydrogen-bond donors (Lipinski definition) is 2.